The number of carbonyl (C=O) groups excluding carboxylic acids is 1. The van der Waals surface area contributed by atoms with Gasteiger partial charge in [0.25, 0.3) is 5.56 Å². The van der Waals surface area contributed by atoms with E-state index in [1.54, 1.807) is 24.7 Å². The number of aromatic nitrogens is 1. The van der Waals surface area contributed by atoms with Crippen LogP contribution in [0.1, 0.15) is 16.6 Å². The predicted molar refractivity (Wildman–Crippen MR) is 92.4 cm³/mol. The van der Waals surface area contributed by atoms with Crippen LogP contribution in [0.5, 0.6) is 0 Å². The van der Waals surface area contributed by atoms with Crippen molar-refractivity contribution in [3.8, 4) is 0 Å². The van der Waals surface area contributed by atoms with Crippen LogP contribution in [0, 0.1) is 0 Å². The van der Waals surface area contributed by atoms with Crippen molar-refractivity contribution in [2.75, 3.05) is 33.5 Å². The summed E-state index contributed by atoms with van der Waals surface area (Å²) in [6.45, 7) is 3.86. The third-order valence-electron chi connectivity index (χ3n) is 3.12. The molecule has 0 aromatic carbocycles. The molecule has 0 N–H and O–H groups in total. The second-order valence-corrected chi connectivity index (χ2v) is 6.40. The zero-order chi connectivity index (χ0) is 16.8. The first-order valence-corrected chi connectivity index (χ1v) is 8.76. The minimum atomic E-state index is -0.393. The van der Waals surface area contributed by atoms with Crippen molar-refractivity contribution in [1.82, 2.24) is 4.57 Å². The molecule has 0 saturated heterocycles. The average Bonchev–Trinajstić information content (AvgIpc) is 2.86. The maximum Gasteiger partial charge on any atom is 0.349 e. The molecule has 2 aromatic heterocycles. The number of ether oxygens (including phenoxy) is 3. The number of hydrogen-bond acceptors (Lipinski definition) is 6. The Morgan fingerprint density at radius 2 is 2.09 bits per heavy atom. The Hall–Kier alpha value is -1.22. The molecule has 0 spiro atoms. The zero-order valence-electron chi connectivity index (χ0n) is 13.0. The number of rotatable bonds is 8. The molecule has 0 atom stereocenters. The third kappa shape index (κ3) is 4.20. The van der Waals surface area contributed by atoms with E-state index >= 15 is 0 Å². The number of nitrogens with zero attached hydrogens (tertiary/aromatic N) is 1. The van der Waals surface area contributed by atoms with Gasteiger partial charge in [-0.25, -0.2) is 4.79 Å². The molecule has 0 saturated carbocycles. The lowest BCUT2D eigenvalue weighted by molar-refractivity contribution is 0.0531. The Balaban J connectivity index is 2.29. The van der Waals surface area contributed by atoms with E-state index in [1.807, 2.05) is 0 Å². The molecule has 2 heterocycles. The Labute approximate surface area is 146 Å². The van der Waals surface area contributed by atoms with Gasteiger partial charge in [0, 0.05) is 18.6 Å². The van der Waals surface area contributed by atoms with Crippen molar-refractivity contribution >= 4 is 43.5 Å². The second-order valence-electron chi connectivity index (χ2n) is 4.61. The Morgan fingerprint density at radius 3 is 2.78 bits per heavy atom. The molecule has 2 aromatic rings. The maximum atomic E-state index is 12.1. The van der Waals surface area contributed by atoms with Gasteiger partial charge in [0.1, 0.15) is 9.71 Å². The van der Waals surface area contributed by atoms with E-state index in [0.29, 0.717) is 42.3 Å². The van der Waals surface area contributed by atoms with Crippen LogP contribution in [0.3, 0.4) is 0 Å². The summed E-state index contributed by atoms with van der Waals surface area (Å²) in [6, 6.07) is 3.20. The number of carbonyl (C=O) groups is 1. The van der Waals surface area contributed by atoms with Crippen LogP contribution < -0.4 is 5.56 Å². The zero-order valence-corrected chi connectivity index (χ0v) is 15.4. The molecule has 0 aliphatic heterocycles. The summed E-state index contributed by atoms with van der Waals surface area (Å²) in [5, 5.41) is 0.814. The van der Waals surface area contributed by atoms with E-state index in [0.717, 1.165) is 10.2 Å². The number of methoxy groups -OCH3 is 1. The molecule has 0 unspecified atom stereocenters. The summed E-state index contributed by atoms with van der Waals surface area (Å²) in [4.78, 5) is 25.3. The third-order valence-corrected chi connectivity index (χ3v) is 5.42. The number of pyridine rings is 1. The molecule has 0 fully saturated rings. The van der Waals surface area contributed by atoms with Gasteiger partial charge in [0.15, 0.2) is 0 Å². The smallest absolute Gasteiger partial charge is 0.349 e. The van der Waals surface area contributed by atoms with E-state index in [-0.39, 0.29) is 5.56 Å². The summed E-state index contributed by atoms with van der Waals surface area (Å²) in [7, 11) is 1.61. The molecular formula is C15H18BrNO5S. The van der Waals surface area contributed by atoms with Crippen molar-refractivity contribution in [1.29, 1.82) is 0 Å². The van der Waals surface area contributed by atoms with E-state index < -0.39 is 5.97 Å². The van der Waals surface area contributed by atoms with Gasteiger partial charge in [-0.1, -0.05) is 0 Å². The topological polar surface area (TPSA) is 66.8 Å². The number of thiophene rings is 1. The van der Waals surface area contributed by atoms with Crippen LogP contribution in [-0.2, 0) is 20.8 Å². The first-order chi connectivity index (χ1) is 11.1. The highest BCUT2D eigenvalue weighted by molar-refractivity contribution is 9.10. The fourth-order valence-corrected chi connectivity index (χ4v) is 4.00. The molecule has 0 bridgehead atoms. The average molecular weight is 404 g/mol. The van der Waals surface area contributed by atoms with Crippen molar-refractivity contribution in [3.05, 3.63) is 31.8 Å². The van der Waals surface area contributed by atoms with Crippen molar-refractivity contribution in [3.63, 3.8) is 0 Å². The standard InChI is InChI=1S/C15H18BrNO5S/c1-3-22-15(19)13-12(16)10-4-5-11(18)17(14(10)23-13)6-7-21-9-8-20-2/h4-5H,3,6-9H2,1-2H3. The summed E-state index contributed by atoms with van der Waals surface area (Å²) < 4.78 is 17.6. The lowest BCUT2D eigenvalue weighted by atomic mass is 10.3. The number of esters is 1. The van der Waals surface area contributed by atoms with E-state index in [4.69, 9.17) is 14.2 Å². The highest BCUT2D eigenvalue weighted by atomic mass is 79.9. The van der Waals surface area contributed by atoms with Crippen LogP contribution in [0.4, 0.5) is 0 Å². The monoisotopic (exact) mass is 403 g/mol. The first-order valence-electron chi connectivity index (χ1n) is 7.15. The van der Waals surface area contributed by atoms with Gasteiger partial charge in [-0.2, -0.15) is 0 Å². The quantitative estimate of drug-likeness (QED) is 0.500. The molecule has 23 heavy (non-hydrogen) atoms. The lowest BCUT2D eigenvalue weighted by Crippen LogP contribution is -2.21. The van der Waals surface area contributed by atoms with E-state index in [9.17, 15) is 9.59 Å². The van der Waals surface area contributed by atoms with Crippen LogP contribution in [-0.4, -0.2) is 44.1 Å². The van der Waals surface area contributed by atoms with Crippen LogP contribution in [0.25, 0.3) is 10.2 Å². The molecule has 0 amide bonds. The minimum absolute atomic E-state index is 0.128. The molecule has 6 nitrogen and oxygen atoms in total. The van der Waals surface area contributed by atoms with E-state index in [1.165, 1.54) is 17.4 Å². The molecule has 0 radical (unpaired) electrons. The molecular weight excluding hydrogens is 386 g/mol. The Morgan fingerprint density at radius 1 is 1.30 bits per heavy atom. The minimum Gasteiger partial charge on any atom is -0.462 e. The molecule has 0 aliphatic rings. The summed E-state index contributed by atoms with van der Waals surface area (Å²) in [5.74, 6) is -0.393. The highest BCUT2D eigenvalue weighted by Gasteiger charge is 2.20. The van der Waals surface area contributed by atoms with Gasteiger partial charge in [-0.05, 0) is 28.9 Å². The fraction of sp³-hybridized carbons (Fsp3) is 0.467. The molecule has 8 heteroatoms. The number of fused-ring (bicyclic) bond motifs is 1. The fourth-order valence-electron chi connectivity index (χ4n) is 2.04. The molecule has 2 rings (SSSR count). The van der Waals surface area contributed by atoms with Crippen molar-refractivity contribution in [2.24, 2.45) is 0 Å². The van der Waals surface area contributed by atoms with Gasteiger partial charge in [0.2, 0.25) is 0 Å². The largest absolute Gasteiger partial charge is 0.462 e. The Bertz CT molecular complexity index is 739. The van der Waals surface area contributed by atoms with Crippen LogP contribution >= 0.6 is 27.3 Å². The summed E-state index contributed by atoms with van der Waals surface area (Å²) in [6.07, 6.45) is 0. The predicted octanol–water partition coefficient (Wildman–Crippen LogP) is 2.67. The maximum absolute atomic E-state index is 12.1. The second kappa shape index (κ2) is 8.58. The lowest BCUT2D eigenvalue weighted by Gasteiger charge is -2.07. The molecule has 126 valence electrons. The van der Waals surface area contributed by atoms with Crippen LogP contribution in [0.2, 0.25) is 0 Å². The van der Waals surface area contributed by atoms with Crippen molar-refractivity contribution < 1.29 is 19.0 Å². The van der Waals surface area contributed by atoms with Crippen LogP contribution in [0.15, 0.2) is 21.4 Å². The Kier molecular flexibility index (Phi) is 6.76. The SMILES string of the molecule is CCOC(=O)c1sc2c(ccc(=O)n2CCOCCOC)c1Br. The summed E-state index contributed by atoms with van der Waals surface area (Å²) >= 11 is 4.67. The van der Waals surface area contributed by atoms with E-state index in [2.05, 4.69) is 15.9 Å². The highest BCUT2D eigenvalue weighted by Crippen LogP contribution is 2.35. The van der Waals surface area contributed by atoms with Gasteiger partial charge in [-0.3, -0.25) is 9.36 Å². The summed E-state index contributed by atoms with van der Waals surface area (Å²) in [5.41, 5.74) is -0.128. The number of halogens is 1. The number of hydrogen-bond donors (Lipinski definition) is 0. The first kappa shape index (κ1) is 18.1. The van der Waals surface area contributed by atoms with Gasteiger partial charge in [0.05, 0.1) is 37.4 Å². The van der Waals surface area contributed by atoms with Crippen molar-refractivity contribution in [2.45, 2.75) is 13.5 Å². The van der Waals surface area contributed by atoms with Gasteiger partial charge < -0.3 is 14.2 Å². The normalized spacial score (nSPS) is 11.1. The van der Waals surface area contributed by atoms with Gasteiger partial charge in [-0.15, -0.1) is 11.3 Å². The molecule has 0 aliphatic carbocycles. The van der Waals surface area contributed by atoms with Gasteiger partial charge >= 0.3 is 5.97 Å².